The van der Waals surface area contributed by atoms with Crippen molar-refractivity contribution < 1.29 is 0 Å². The zero-order valence-electron chi connectivity index (χ0n) is 13.4. The van der Waals surface area contributed by atoms with E-state index in [1.54, 1.807) is 0 Å². The Kier molecular flexibility index (Phi) is 4.70. The summed E-state index contributed by atoms with van der Waals surface area (Å²) in [5.41, 5.74) is 2.59. The van der Waals surface area contributed by atoms with E-state index in [0.717, 1.165) is 6.54 Å². The monoisotopic (exact) mass is 299 g/mol. The van der Waals surface area contributed by atoms with E-state index in [-0.39, 0.29) is 0 Å². The van der Waals surface area contributed by atoms with E-state index < -0.39 is 0 Å². The van der Waals surface area contributed by atoms with Crippen molar-refractivity contribution in [3.8, 4) is 0 Å². The first kappa shape index (κ1) is 15.3. The molecule has 1 N–H and O–H groups in total. The quantitative estimate of drug-likeness (QED) is 0.779. The molecule has 23 heavy (non-hydrogen) atoms. The summed E-state index contributed by atoms with van der Waals surface area (Å²) in [6.45, 7) is 4.67. The predicted octanol–water partition coefficient (Wildman–Crippen LogP) is 3.35. The number of allylic oxidation sites excluding steroid dienone is 1. The van der Waals surface area contributed by atoms with Gasteiger partial charge in [0, 0.05) is 6.54 Å². The zero-order valence-corrected chi connectivity index (χ0v) is 13.4. The fourth-order valence-electron chi connectivity index (χ4n) is 2.93. The molecule has 0 aliphatic carbocycles. The lowest BCUT2D eigenvalue weighted by atomic mass is 9.97. The second kappa shape index (κ2) is 7.08. The Morgan fingerprint density at radius 1 is 0.913 bits per heavy atom. The summed E-state index contributed by atoms with van der Waals surface area (Å²) in [7, 11) is 1.98. The van der Waals surface area contributed by atoms with Gasteiger partial charge in [0.25, 0.3) is 0 Å². The van der Waals surface area contributed by atoms with Gasteiger partial charge in [-0.1, -0.05) is 79.4 Å². The van der Waals surface area contributed by atoms with Crippen LogP contribution in [0.2, 0.25) is 0 Å². The van der Waals surface area contributed by atoms with Crippen molar-refractivity contribution in [3.63, 3.8) is 0 Å². The maximum Gasteiger partial charge on any atom is 0.0208 e. The Balaban J connectivity index is 2.35. The second-order valence-corrected chi connectivity index (χ2v) is 5.57. The third-order valence-corrected chi connectivity index (χ3v) is 4.02. The molecule has 0 saturated heterocycles. The van der Waals surface area contributed by atoms with Crippen molar-refractivity contribution in [1.82, 2.24) is 5.32 Å². The minimum atomic E-state index is 0.851. The summed E-state index contributed by atoms with van der Waals surface area (Å²) in [5.74, 6) is 0. The fourth-order valence-corrected chi connectivity index (χ4v) is 2.93. The first-order chi connectivity index (χ1) is 11.3. The molecule has 0 unspecified atom stereocenters. The molecule has 1 heteroatoms. The average molecular weight is 299 g/mol. The lowest BCUT2D eigenvalue weighted by Gasteiger charge is -2.10. The van der Waals surface area contributed by atoms with Crippen LogP contribution in [0, 0.1) is 0 Å². The number of nitrogens with one attached hydrogen (secondary N) is 1. The van der Waals surface area contributed by atoms with Crippen LogP contribution in [0.25, 0.3) is 22.9 Å². The highest BCUT2D eigenvalue weighted by atomic mass is 14.8. The van der Waals surface area contributed by atoms with Crippen LogP contribution >= 0.6 is 0 Å². The summed E-state index contributed by atoms with van der Waals surface area (Å²) in [5, 5.41) is 8.22. The Morgan fingerprint density at radius 3 is 2.43 bits per heavy atom. The second-order valence-electron chi connectivity index (χ2n) is 5.57. The van der Waals surface area contributed by atoms with Gasteiger partial charge in [-0.3, -0.25) is 0 Å². The van der Waals surface area contributed by atoms with E-state index in [4.69, 9.17) is 0 Å². The van der Waals surface area contributed by atoms with Gasteiger partial charge in [0.15, 0.2) is 0 Å². The molecule has 0 bridgehead atoms. The van der Waals surface area contributed by atoms with Crippen molar-refractivity contribution in [1.29, 1.82) is 0 Å². The van der Waals surface area contributed by atoms with Crippen LogP contribution in [0.3, 0.4) is 0 Å². The van der Waals surface area contributed by atoms with Crippen molar-refractivity contribution >= 4 is 22.9 Å². The average Bonchev–Trinajstić information content (AvgIpc) is 2.59. The molecule has 0 aliphatic heterocycles. The summed E-state index contributed by atoms with van der Waals surface area (Å²) >= 11 is 0. The van der Waals surface area contributed by atoms with Gasteiger partial charge in [0.05, 0.1) is 0 Å². The fraction of sp³-hybridized carbons (Fsp3) is 0.0909. The van der Waals surface area contributed by atoms with Crippen molar-refractivity contribution in [2.45, 2.75) is 6.54 Å². The van der Waals surface area contributed by atoms with E-state index in [1.807, 2.05) is 13.1 Å². The van der Waals surface area contributed by atoms with Gasteiger partial charge in [0.2, 0.25) is 0 Å². The maximum absolute atomic E-state index is 3.82. The molecule has 3 rings (SSSR count). The van der Waals surface area contributed by atoms with Gasteiger partial charge in [-0.2, -0.15) is 0 Å². The van der Waals surface area contributed by atoms with Gasteiger partial charge in [-0.25, -0.2) is 0 Å². The van der Waals surface area contributed by atoms with E-state index in [0.29, 0.717) is 0 Å². The Hall–Kier alpha value is -2.64. The highest BCUT2D eigenvalue weighted by Crippen LogP contribution is 2.23. The molecule has 3 aromatic rings. The molecule has 1 nitrogen and oxygen atoms in total. The standard InChI is InChI=1S/C22H21N/c1-3-8-17-9-4-5-11-19(17)15-22-20(16-23-2)14-13-18-10-6-7-12-21(18)22/h3-15,23H,1,16H2,2H3/b17-8-,19-15+. The summed E-state index contributed by atoms with van der Waals surface area (Å²) in [6.07, 6.45) is 6.17. The molecule has 0 spiro atoms. The van der Waals surface area contributed by atoms with Gasteiger partial charge >= 0.3 is 0 Å². The summed E-state index contributed by atoms with van der Waals surface area (Å²) in [4.78, 5) is 0. The van der Waals surface area contributed by atoms with Crippen molar-refractivity contribution in [3.05, 3.63) is 94.9 Å². The largest absolute Gasteiger partial charge is 0.316 e. The molecule has 114 valence electrons. The number of rotatable bonds is 4. The van der Waals surface area contributed by atoms with Crippen LogP contribution < -0.4 is 15.8 Å². The van der Waals surface area contributed by atoms with Gasteiger partial charge in [-0.05, 0) is 45.5 Å². The third-order valence-electron chi connectivity index (χ3n) is 4.02. The Bertz CT molecular complexity index is 951. The Labute approximate surface area is 137 Å². The Morgan fingerprint density at radius 2 is 1.65 bits per heavy atom. The zero-order chi connectivity index (χ0) is 16.1. The molecule has 0 radical (unpaired) electrons. The molecular weight excluding hydrogens is 278 g/mol. The molecule has 0 amide bonds. The topological polar surface area (TPSA) is 12.0 Å². The smallest absolute Gasteiger partial charge is 0.0208 e. The van der Waals surface area contributed by atoms with E-state index in [9.17, 15) is 0 Å². The van der Waals surface area contributed by atoms with Gasteiger partial charge < -0.3 is 5.32 Å². The molecule has 0 aromatic heterocycles. The van der Waals surface area contributed by atoms with Crippen LogP contribution in [0.4, 0.5) is 0 Å². The first-order valence-electron chi connectivity index (χ1n) is 7.88. The van der Waals surface area contributed by atoms with Crippen LogP contribution in [0.1, 0.15) is 11.1 Å². The van der Waals surface area contributed by atoms with Crippen LogP contribution in [-0.2, 0) is 6.54 Å². The molecule has 3 aromatic carbocycles. The molecule has 0 heterocycles. The minimum Gasteiger partial charge on any atom is -0.316 e. The molecule has 0 atom stereocenters. The highest BCUT2D eigenvalue weighted by Gasteiger charge is 2.04. The van der Waals surface area contributed by atoms with Crippen LogP contribution in [0.5, 0.6) is 0 Å². The van der Waals surface area contributed by atoms with Crippen LogP contribution in [0.15, 0.2) is 73.3 Å². The van der Waals surface area contributed by atoms with E-state index >= 15 is 0 Å². The van der Waals surface area contributed by atoms with Crippen molar-refractivity contribution in [2.24, 2.45) is 0 Å². The van der Waals surface area contributed by atoms with Crippen molar-refractivity contribution in [2.75, 3.05) is 7.05 Å². The summed E-state index contributed by atoms with van der Waals surface area (Å²) < 4.78 is 0. The first-order valence-corrected chi connectivity index (χ1v) is 7.88. The molecule has 0 aliphatic rings. The minimum absolute atomic E-state index is 0.851. The maximum atomic E-state index is 3.82. The van der Waals surface area contributed by atoms with E-state index in [2.05, 4.69) is 84.7 Å². The normalized spacial score (nSPS) is 12.7. The number of benzene rings is 3. The van der Waals surface area contributed by atoms with Gasteiger partial charge in [-0.15, -0.1) is 0 Å². The SMILES string of the molecule is C=C/C=c1/cccc/c1=C\c1c(CNC)ccc2ccccc12. The predicted molar refractivity (Wildman–Crippen MR) is 101 cm³/mol. The molecular formula is C22H21N. The van der Waals surface area contributed by atoms with Crippen LogP contribution in [-0.4, -0.2) is 7.05 Å². The lowest BCUT2D eigenvalue weighted by molar-refractivity contribution is 0.817. The number of hydrogen-bond acceptors (Lipinski definition) is 1. The molecule has 0 fully saturated rings. The number of fused-ring (bicyclic) bond motifs is 1. The van der Waals surface area contributed by atoms with E-state index in [1.165, 1.54) is 32.3 Å². The van der Waals surface area contributed by atoms with Gasteiger partial charge in [0.1, 0.15) is 0 Å². The third kappa shape index (κ3) is 3.25. The number of hydrogen-bond donors (Lipinski definition) is 1. The molecule has 0 saturated carbocycles. The summed E-state index contributed by atoms with van der Waals surface area (Å²) in [6, 6.07) is 21.4. The lowest BCUT2D eigenvalue weighted by Crippen LogP contribution is -2.23. The highest BCUT2D eigenvalue weighted by molar-refractivity contribution is 5.91.